The van der Waals surface area contributed by atoms with Gasteiger partial charge >= 0.3 is 6.61 Å². The van der Waals surface area contributed by atoms with E-state index < -0.39 is 6.61 Å². The fourth-order valence-electron chi connectivity index (χ4n) is 1.83. The van der Waals surface area contributed by atoms with Crippen LogP contribution in [-0.4, -0.2) is 11.6 Å². The molecule has 0 bridgehead atoms. The Hall–Kier alpha value is -1.57. The lowest BCUT2D eigenvalue weighted by Crippen LogP contribution is -2.29. The van der Waals surface area contributed by atoms with E-state index in [-0.39, 0.29) is 11.8 Å². The van der Waals surface area contributed by atoms with Crippen LogP contribution in [0.4, 0.5) is 8.78 Å². The molecule has 2 aromatic rings. The first-order valence-corrected chi connectivity index (χ1v) is 6.88. The van der Waals surface area contributed by atoms with Crippen LogP contribution in [0.2, 0.25) is 0 Å². The lowest BCUT2D eigenvalue weighted by molar-refractivity contribution is -0.0498. The van der Waals surface area contributed by atoms with Crippen LogP contribution in [0, 0.1) is 6.92 Å². The summed E-state index contributed by atoms with van der Waals surface area (Å²) in [4.78, 5) is 4.38. The largest absolute Gasteiger partial charge is 0.435 e. The van der Waals surface area contributed by atoms with Gasteiger partial charge in [-0.05, 0) is 24.6 Å². The van der Waals surface area contributed by atoms with Gasteiger partial charge in [-0.2, -0.15) is 8.78 Å². The Morgan fingerprint density at radius 1 is 1.35 bits per heavy atom. The first-order chi connectivity index (χ1) is 9.58. The van der Waals surface area contributed by atoms with Crippen molar-refractivity contribution in [2.75, 3.05) is 0 Å². The number of nitrogens with zero attached hydrogens (tertiary/aromatic N) is 1. The second-order valence-corrected chi connectivity index (χ2v) is 5.20. The highest BCUT2D eigenvalue weighted by Gasteiger charge is 2.13. The molecular formula is C13H15F2N3OS. The van der Waals surface area contributed by atoms with Gasteiger partial charge in [0, 0.05) is 17.5 Å². The summed E-state index contributed by atoms with van der Waals surface area (Å²) in [6.45, 7) is -0.885. The number of aromatic nitrogens is 1. The van der Waals surface area contributed by atoms with Crippen LogP contribution in [0.5, 0.6) is 5.75 Å². The maximum atomic E-state index is 12.1. The molecule has 1 atom stereocenters. The molecule has 1 heterocycles. The lowest BCUT2D eigenvalue weighted by atomic mass is 10.0. The summed E-state index contributed by atoms with van der Waals surface area (Å²) in [5.41, 5.74) is 4.58. The molecule has 1 aromatic heterocycles. The highest BCUT2D eigenvalue weighted by Crippen LogP contribution is 2.23. The highest BCUT2D eigenvalue weighted by atomic mass is 32.1. The Morgan fingerprint density at radius 3 is 2.55 bits per heavy atom. The lowest BCUT2D eigenvalue weighted by Gasteiger charge is -2.15. The monoisotopic (exact) mass is 299 g/mol. The second kappa shape index (κ2) is 6.74. The van der Waals surface area contributed by atoms with Crippen LogP contribution >= 0.6 is 11.3 Å². The molecule has 0 fully saturated rings. The van der Waals surface area contributed by atoms with Gasteiger partial charge in [-0.3, -0.25) is 11.3 Å². The fraction of sp³-hybridized carbons (Fsp3) is 0.308. The predicted molar refractivity (Wildman–Crippen MR) is 73.7 cm³/mol. The maximum Gasteiger partial charge on any atom is 0.387 e. The number of rotatable bonds is 6. The van der Waals surface area contributed by atoms with E-state index in [9.17, 15) is 8.78 Å². The minimum atomic E-state index is -2.82. The highest BCUT2D eigenvalue weighted by molar-refractivity contribution is 7.09. The molecular weight excluding hydrogens is 284 g/mol. The summed E-state index contributed by atoms with van der Waals surface area (Å²) in [7, 11) is 0. The van der Waals surface area contributed by atoms with Gasteiger partial charge in [0.2, 0.25) is 0 Å². The molecule has 1 aromatic carbocycles. The van der Waals surface area contributed by atoms with E-state index >= 15 is 0 Å². The molecule has 1 unspecified atom stereocenters. The molecule has 7 heteroatoms. The van der Waals surface area contributed by atoms with Crippen LogP contribution in [0.25, 0.3) is 0 Å². The molecule has 0 amide bonds. The van der Waals surface area contributed by atoms with Gasteiger partial charge in [0.05, 0.1) is 11.0 Å². The number of hydrogen-bond donors (Lipinski definition) is 2. The van der Waals surface area contributed by atoms with Crippen LogP contribution in [0.3, 0.4) is 0 Å². The van der Waals surface area contributed by atoms with Gasteiger partial charge in [0.1, 0.15) is 5.75 Å². The molecule has 4 nitrogen and oxygen atoms in total. The number of aryl methyl sites for hydroxylation is 1. The number of alkyl halides is 2. The van der Waals surface area contributed by atoms with Crippen LogP contribution < -0.4 is 16.0 Å². The topological polar surface area (TPSA) is 60.2 Å². The van der Waals surface area contributed by atoms with Crippen molar-refractivity contribution in [1.29, 1.82) is 0 Å². The number of hydrogen-bond acceptors (Lipinski definition) is 5. The smallest absolute Gasteiger partial charge is 0.387 e. The number of halogens is 2. The number of ether oxygens (including phenoxy) is 1. The number of benzene rings is 1. The number of nitrogens with one attached hydrogen (secondary N) is 1. The van der Waals surface area contributed by atoms with Crippen molar-refractivity contribution in [2.24, 2.45) is 5.84 Å². The van der Waals surface area contributed by atoms with E-state index in [0.29, 0.717) is 6.42 Å². The Bertz CT molecular complexity index is 545. The van der Waals surface area contributed by atoms with E-state index in [4.69, 9.17) is 5.84 Å². The molecule has 0 saturated heterocycles. The Morgan fingerprint density at radius 2 is 2.05 bits per heavy atom. The number of thiazole rings is 1. The Labute approximate surface area is 119 Å². The van der Waals surface area contributed by atoms with Gasteiger partial charge in [0.25, 0.3) is 0 Å². The van der Waals surface area contributed by atoms with Crippen molar-refractivity contribution < 1.29 is 13.5 Å². The fourth-order valence-corrected chi connectivity index (χ4v) is 2.64. The third kappa shape index (κ3) is 3.96. The molecule has 108 valence electrons. The summed E-state index contributed by atoms with van der Waals surface area (Å²) >= 11 is 1.57. The van der Waals surface area contributed by atoms with Gasteiger partial charge in [-0.25, -0.2) is 4.98 Å². The summed E-state index contributed by atoms with van der Waals surface area (Å²) in [6.07, 6.45) is 0.643. The van der Waals surface area contributed by atoms with E-state index in [2.05, 4.69) is 15.1 Å². The van der Waals surface area contributed by atoms with Crippen LogP contribution in [-0.2, 0) is 6.42 Å². The predicted octanol–water partition coefficient (Wildman–Crippen LogP) is 2.80. The molecule has 0 spiro atoms. The summed E-state index contributed by atoms with van der Waals surface area (Å²) in [5.74, 6) is 5.68. The summed E-state index contributed by atoms with van der Waals surface area (Å²) in [6, 6.07) is 6.30. The van der Waals surface area contributed by atoms with E-state index in [0.717, 1.165) is 16.3 Å². The third-order valence-electron chi connectivity index (χ3n) is 2.75. The van der Waals surface area contributed by atoms with Gasteiger partial charge in [0.15, 0.2) is 0 Å². The minimum absolute atomic E-state index is 0.124. The number of hydrazine groups is 1. The zero-order chi connectivity index (χ0) is 14.5. The summed E-state index contributed by atoms with van der Waals surface area (Å²) in [5, 5.41) is 2.95. The molecule has 3 N–H and O–H groups in total. The standard InChI is InChI=1S/C13H15F2N3OS/c1-8-7-20-12(17-8)6-11(18-16)9-2-4-10(5-3-9)19-13(14)15/h2-5,7,11,13,18H,6,16H2,1H3. The van der Waals surface area contributed by atoms with E-state index in [1.165, 1.54) is 12.1 Å². The molecule has 0 saturated carbocycles. The minimum Gasteiger partial charge on any atom is -0.435 e. The van der Waals surface area contributed by atoms with Gasteiger partial charge in [-0.1, -0.05) is 12.1 Å². The van der Waals surface area contributed by atoms with Crippen molar-refractivity contribution in [3.63, 3.8) is 0 Å². The molecule has 0 radical (unpaired) electrons. The van der Waals surface area contributed by atoms with Crippen LogP contribution in [0.1, 0.15) is 22.3 Å². The average Bonchev–Trinajstić information content (AvgIpc) is 2.82. The molecule has 20 heavy (non-hydrogen) atoms. The van der Waals surface area contributed by atoms with Crippen molar-refractivity contribution in [3.8, 4) is 5.75 Å². The molecule has 2 rings (SSSR count). The quantitative estimate of drug-likeness (QED) is 0.636. The van der Waals surface area contributed by atoms with Crippen molar-refractivity contribution in [2.45, 2.75) is 26.0 Å². The molecule has 0 aliphatic heterocycles. The second-order valence-electron chi connectivity index (χ2n) is 4.25. The zero-order valence-corrected chi connectivity index (χ0v) is 11.7. The van der Waals surface area contributed by atoms with Crippen molar-refractivity contribution in [3.05, 3.63) is 45.9 Å². The normalized spacial score (nSPS) is 12.7. The average molecular weight is 299 g/mol. The molecule has 0 aliphatic rings. The summed E-state index contributed by atoms with van der Waals surface area (Å²) < 4.78 is 28.5. The molecule has 0 aliphatic carbocycles. The first kappa shape index (κ1) is 14.8. The number of nitrogens with two attached hydrogens (primary N) is 1. The third-order valence-corrected chi connectivity index (χ3v) is 3.74. The first-order valence-electron chi connectivity index (χ1n) is 6.00. The van der Waals surface area contributed by atoms with Gasteiger partial charge < -0.3 is 4.74 Å². The Balaban J connectivity index is 2.07. The maximum absolute atomic E-state index is 12.1. The van der Waals surface area contributed by atoms with Crippen LogP contribution in [0.15, 0.2) is 29.6 Å². The van der Waals surface area contributed by atoms with E-state index in [1.807, 2.05) is 12.3 Å². The van der Waals surface area contributed by atoms with Gasteiger partial charge in [-0.15, -0.1) is 11.3 Å². The van der Waals surface area contributed by atoms with E-state index in [1.54, 1.807) is 23.5 Å². The van der Waals surface area contributed by atoms with Crippen molar-refractivity contribution in [1.82, 2.24) is 10.4 Å². The SMILES string of the molecule is Cc1csc(CC(NN)c2ccc(OC(F)F)cc2)n1. The Kier molecular flexibility index (Phi) is 4.99. The zero-order valence-electron chi connectivity index (χ0n) is 10.8. The van der Waals surface area contributed by atoms with Crippen molar-refractivity contribution >= 4 is 11.3 Å².